The van der Waals surface area contributed by atoms with Crippen LogP contribution in [0.3, 0.4) is 0 Å². The summed E-state index contributed by atoms with van der Waals surface area (Å²) in [5.41, 5.74) is 1.23. The van der Waals surface area contributed by atoms with Crippen LogP contribution in [0.2, 0.25) is 0 Å². The van der Waals surface area contributed by atoms with Gasteiger partial charge in [0.2, 0.25) is 0 Å². The second kappa shape index (κ2) is 4.61. The molecule has 1 heterocycles. The predicted molar refractivity (Wildman–Crippen MR) is 59.0 cm³/mol. The summed E-state index contributed by atoms with van der Waals surface area (Å²) in [6, 6.07) is 5.18. The number of carbonyl (C=O) groups is 1. The second-order valence-corrected chi connectivity index (χ2v) is 4.38. The molecule has 2 rings (SSSR count). The van der Waals surface area contributed by atoms with Gasteiger partial charge in [0.15, 0.2) is 6.29 Å². The smallest absolute Gasteiger partial charge is 0.252 e. The molecule has 1 aliphatic heterocycles. The van der Waals surface area contributed by atoms with Crippen molar-refractivity contribution >= 4 is 32.8 Å². The van der Waals surface area contributed by atoms with Crippen LogP contribution in [-0.2, 0) is 9.47 Å². The fourth-order valence-electron chi connectivity index (χ4n) is 1.41. The van der Waals surface area contributed by atoms with E-state index in [1.807, 2.05) is 6.07 Å². The Morgan fingerprint density at radius 1 is 1.33 bits per heavy atom. The van der Waals surface area contributed by atoms with Gasteiger partial charge in [0.05, 0.1) is 13.2 Å². The van der Waals surface area contributed by atoms with Gasteiger partial charge in [-0.2, -0.15) is 0 Å². The Labute approximate surface area is 100 Å². The standard InChI is InChI=1S/C10H8BrClO3/c11-8-4-6(9(12)13)3-7(5-8)10-14-1-2-15-10/h3-5,10H,1-2H2. The van der Waals surface area contributed by atoms with Crippen LogP contribution in [0.5, 0.6) is 0 Å². The first kappa shape index (κ1) is 11.1. The van der Waals surface area contributed by atoms with E-state index in [1.165, 1.54) is 0 Å². The van der Waals surface area contributed by atoms with E-state index in [-0.39, 0.29) is 0 Å². The van der Waals surface area contributed by atoms with Crippen LogP contribution < -0.4 is 0 Å². The lowest BCUT2D eigenvalue weighted by molar-refractivity contribution is -0.0441. The van der Waals surface area contributed by atoms with Gasteiger partial charge in [0.1, 0.15) is 0 Å². The molecule has 3 nitrogen and oxygen atoms in total. The van der Waals surface area contributed by atoms with Gasteiger partial charge >= 0.3 is 0 Å². The summed E-state index contributed by atoms with van der Waals surface area (Å²) in [5, 5.41) is -0.490. The van der Waals surface area contributed by atoms with Crippen LogP contribution in [0.15, 0.2) is 22.7 Å². The SMILES string of the molecule is O=C(Cl)c1cc(Br)cc(C2OCCO2)c1. The fourth-order valence-corrected chi connectivity index (χ4v) is 2.03. The number of hydrogen-bond donors (Lipinski definition) is 0. The summed E-state index contributed by atoms with van der Waals surface area (Å²) in [4.78, 5) is 11.0. The number of rotatable bonds is 2. The molecule has 1 fully saturated rings. The summed E-state index contributed by atoms with van der Waals surface area (Å²) in [7, 11) is 0. The van der Waals surface area contributed by atoms with Crippen molar-refractivity contribution < 1.29 is 14.3 Å². The van der Waals surface area contributed by atoms with Crippen LogP contribution in [0.4, 0.5) is 0 Å². The van der Waals surface area contributed by atoms with E-state index in [0.29, 0.717) is 18.8 Å². The molecule has 0 spiro atoms. The molecule has 0 unspecified atom stereocenters. The van der Waals surface area contributed by atoms with Gasteiger partial charge in [0.25, 0.3) is 5.24 Å². The molecule has 1 aliphatic rings. The number of carbonyl (C=O) groups excluding carboxylic acids is 1. The van der Waals surface area contributed by atoms with E-state index in [2.05, 4.69) is 15.9 Å². The Kier molecular flexibility index (Phi) is 3.41. The minimum Gasteiger partial charge on any atom is -0.346 e. The minimum atomic E-state index is -0.490. The van der Waals surface area contributed by atoms with E-state index < -0.39 is 11.5 Å². The molecule has 0 aromatic heterocycles. The highest BCUT2D eigenvalue weighted by atomic mass is 79.9. The lowest BCUT2D eigenvalue weighted by Crippen LogP contribution is -2.00. The van der Waals surface area contributed by atoms with Crippen molar-refractivity contribution in [2.75, 3.05) is 13.2 Å². The van der Waals surface area contributed by atoms with E-state index in [0.717, 1.165) is 10.0 Å². The summed E-state index contributed by atoms with van der Waals surface area (Å²) in [6.07, 6.45) is -0.391. The van der Waals surface area contributed by atoms with Crippen molar-refractivity contribution in [1.29, 1.82) is 0 Å². The van der Waals surface area contributed by atoms with E-state index in [9.17, 15) is 4.79 Å². The van der Waals surface area contributed by atoms with Crippen LogP contribution in [0, 0.1) is 0 Å². The Bertz CT molecular complexity index is 388. The third-order valence-corrected chi connectivity index (χ3v) is 2.72. The molecule has 1 aromatic carbocycles. The zero-order valence-electron chi connectivity index (χ0n) is 7.70. The molecule has 1 aromatic rings. The molecule has 5 heteroatoms. The van der Waals surface area contributed by atoms with Crippen LogP contribution in [-0.4, -0.2) is 18.5 Å². The molecule has 80 valence electrons. The van der Waals surface area contributed by atoms with Crippen LogP contribution >= 0.6 is 27.5 Å². The van der Waals surface area contributed by atoms with E-state index >= 15 is 0 Å². The van der Waals surface area contributed by atoms with Gasteiger partial charge in [-0.3, -0.25) is 4.79 Å². The van der Waals surface area contributed by atoms with Crippen molar-refractivity contribution in [2.45, 2.75) is 6.29 Å². The fraction of sp³-hybridized carbons (Fsp3) is 0.300. The number of ether oxygens (including phenoxy) is 2. The number of hydrogen-bond acceptors (Lipinski definition) is 3. The Balaban J connectivity index is 2.34. The zero-order valence-corrected chi connectivity index (χ0v) is 10.0. The summed E-state index contributed by atoms with van der Waals surface area (Å²) in [6.45, 7) is 1.14. The predicted octanol–water partition coefficient (Wildman–Crippen LogP) is 2.87. The second-order valence-electron chi connectivity index (χ2n) is 3.12. The summed E-state index contributed by atoms with van der Waals surface area (Å²) < 4.78 is 11.4. The first-order valence-corrected chi connectivity index (χ1v) is 5.57. The molecular weight excluding hydrogens is 283 g/mol. The van der Waals surface area contributed by atoms with E-state index in [4.69, 9.17) is 21.1 Å². The Morgan fingerprint density at radius 3 is 2.60 bits per heavy atom. The zero-order chi connectivity index (χ0) is 10.8. The monoisotopic (exact) mass is 290 g/mol. The molecular formula is C10H8BrClO3. The molecule has 0 radical (unpaired) electrons. The van der Waals surface area contributed by atoms with Crippen LogP contribution in [0.1, 0.15) is 22.2 Å². The average Bonchev–Trinajstić information content (AvgIpc) is 2.69. The molecule has 0 atom stereocenters. The first-order valence-electron chi connectivity index (χ1n) is 4.40. The van der Waals surface area contributed by atoms with Gasteiger partial charge in [-0.25, -0.2) is 0 Å². The molecule has 0 aliphatic carbocycles. The molecule has 0 amide bonds. The highest BCUT2D eigenvalue weighted by molar-refractivity contribution is 9.10. The number of benzene rings is 1. The van der Waals surface area contributed by atoms with Crippen LogP contribution in [0.25, 0.3) is 0 Å². The topological polar surface area (TPSA) is 35.5 Å². The molecule has 0 bridgehead atoms. The third-order valence-electron chi connectivity index (χ3n) is 2.04. The molecule has 0 saturated carbocycles. The van der Waals surface area contributed by atoms with Crippen molar-refractivity contribution in [3.63, 3.8) is 0 Å². The molecule has 0 N–H and O–H groups in total. The lowest BCUT2D eigenvalue weighted by Gasteiger charge is -2.10. The summed E-state index contributed by atoms with van der Waals surface area (Å²) in [5.74, 6) is 0. The highest BCUT2D eigenvalue weighted by Crippen LogP contribution is 2.27. The van der Waals surface area contributed by atoms with Crippen molar-refractivity contribution in [3.05, 3.63) is 33.8 Å². The van der Waals surface area contributed by atoms with Gasteiger partial charge in [-0.15, -0.1) is 0 Å². The first-order chi connectivity index (χ1) is 7.16. The maximum absolute atomic E-state index is 11.0. The third kappa shape index (κ3) is 2.58. The van der Waals surface area contributed by atoms with Crippen molar-refractivity contribution in [2.24, 2.45) is 0 Å². The Hall–Kier alpha value is -0.420. The van der Waals surface area contributed by atoms with Gasteiger partial charge in [0, 0.05) is 15.6 Å². The summed E-state index contributed by atoms with van der Waals surface area (Å²) >= 11 is 8.72. The van der Waals surface area contributed by atoms with Crippen molar-refractivity contribution in [1.82, 2.24) is 0 Å². The molecule has 1 saturated heterocycles. The molecule has 15 heavy (non-hydrogen) atoms. The Morgan fingerprint density at radius 2 is 2.00 bits per heavy atom. The van der Waals surface area contributed by atoms with E-state index in [1.54, 1.807) is 12.1 Å². The van der Waals surface area contributed by atoms with Gasteiger partial charge in [-0.1, -0.05) is 15.9 Å². The average molecular weight is 292 g/mol. The quantitative estimate of drug-likeness (QED) is 0.786. The van der Waals surface area contributed by atoms with Gasteiger partial charge < -0.3 is 9.47 Å². The normalized spacial score (nSPS) is 16.9. The number of halogens is 2. The van der Waals surface area contributed by atoms with Gasteiger partial charge in [-0.05, 0) is 29.8 Å². The largest absolute Gasteiger partial charge is 0.346 e. The maximum atomic E-state index is 11.0. The highest BCUT2D eigenvalue weighted by Gasteiger charge is 2.19. The maximum Gasteiger partial charge on any atom is 0.252 e. The minimum absolute atomic E-state index is 0.391. The lowest BCUT2D eigenvalue weighted by atomic mass is 10.1. The van der Waals surface area contributed by atoms with Crippen molar-refractivity contribution in [3.8, 4) is 0 Å².